The lowest BCUT2D eigenvalue weighted by Gasteiger charge is -2.32. The number of hydrogen-bond acceptors (Lipinski definition) is 4. The molecule has 0 radical (unpaired) electrons. The molecule has 0 saturated heterocycles. The molecule has 1 unspecified atom stereocenters. The van der Waals surface area contributed by atoms with Crippen LogP contribution in [-0.4, -0.2) is 23.0 Å². The Bertz CT molecular complexity index is 873. The van der Waals surface area contributed by atoms with Crippen LogP contribution in [0.4, 0.5) is 0 Å². The molecule has 1 atom stereocenters. The molecule has 0 saturated carbocycles. The minimum Gasteiger partial charge on any atom is -0.494 e. The van der Waals surface area contributed by atoms with Gasteiger partial charge in [-0.3, -0.25) is 4.90 Å². The normalized spacial score (nSPS) is 15.5. The molecule has 3 aromatic rings. The quantitative estimate of drug-likeness (QED) is 0.660. The first-order chi connectivity index (χ1) is 12.7. The van der Waals surface area contributed by atoms with E-state index in [0.717, 1.165) is 42.5 Å². The molecular weight excluding hydrogens is 324 g/mol. The van der Waals surface area contributed by atoms with Gasteiger partial charge in [0, 0.05) is 18.7 Å². The fraction of sp³-hybridized carbons (Fsp3) is 0.318. The number of ether oxygens (including phenoxy) is 1. The highest BCUT2D eigenvalue weighted by Gasteiger charge is 2.25. The number of fused-ring (bicyclic) bond motifs is 1. The minimum absolute atomic E-state index is 0.136. The van der Waals surface area contributed by atoms with Gasteiger partial charge in [-0.2, -0.15) is 0 Å². The van der Waals surface area contributed by atoms with Crippen molar-refractivity contribution < 1.29 is 9.15 Å². The van der Waals surface area contributed by atoms with Gasteiger partial charge in [-0.05, 0) is 43.5 Å². The molecule has 1 aliphatic rings. The zero-order valence-electron chi connectivity index (χ0n) is 15.3. The second-order valence-corrected chi connectivity index (χ2v) is 6.69. The highest BCUT2D eigenvalue weighted by atomic mass is 16.5. The van der Waals surface area contributed by atoms with Crippen LogP contribution >= 0.6 is 0 Å². The molecule has 0 N–H and O–H groups in total. The third kappa shape index (κ3) is 3.37. The third-order valence-electron chi connectivity index (χ3n) is 5.02. The van der Waals surface area contributed by atoms with Crippen molar-refractivity contribution in [1.29, 1.82) is 0 Å². The molecule has 0 amide bonds. The molecule has 1 aromatic heterocycles. The summed E-state index contributed by atoms with van der Waals surface area (Å²) in [5.41, 5.74) is 3.81. The number of aromatic nitrogens is 1. The molecule has 0 bridgehead atoms. The molecule has 2 aromatic carbocycles. The second-order valence-electron chi connectivity index (χ2n) is 6.69. The lowest BCUT2D eigenvalue weighted by Crippen LogP contribution is -2.33. The van der Waals surface area contributed by atoms with Gasteiger partial charge in [0.05, 0.1) is 18.8 Å². The zero-order chi connectivity index (χ0) is 17.9. The second kappa shape index (κ2) is 7.34. The van der Waals surface area contributed by atoms with E-state index in [9.17, 15) is 0 Å². The molecule has 0 aliphatic carbocycles. The molecule has 0 fully saturated rings. The maximum Gasteiger partial charge on any atom is 0.211 e. The molecule has 26 heavy (non-hydrogen) atoms. The lowest BCUT2D eigenvalue weighted by molar-refractivity contribution is 0.167. The van der Waals surface area contributed by atoms with Gasteiger partial charge in [0.25, 0.3) is 0 Å². The average Bonchev–Trinajstić information content (AvgIpc) is 3.18. The van der Waals surface area contributed by atoms with Gasteiger partial charge in [-0.1, -0.05) is 36.4 Å². The van der Waals surface area contributed by atoms with Gasteiger partial charge >= 0.3 is 0 Å². The predicted octanol–water partition coefficient (Wildman–Crippen LogP) is 4.86. The van der Waals surface area contributed by atoms with Crippen LogP contribution in [0, 0.1) is 0 Å². The van der Waals surface area contributed by atoms with Crippen molar-refractivity contribution in [3.63, 3.8) is 0 Å². The van der Waals surface area contributed by atoms with E-state index in [4.69, 9.17) is 9.15 Å². The van der Waals surface area contributed by atoms with Gasteiger partial charge < -0.3 is 9.15 Å². The zero-order valence-corrected chi connectivity index (χ0v) is 15.3. The Morgan fingerprint density at radius 2 is 2.00 bits per heavy atom. The fourth-order valence-electron chi connectivity index (χ4n) is 3.52. The SMILES string of the molecule is CCOc1ccc2c(c1)CN(C(C)c1ncc(-c3ccccc3)o1)CC2. The summed E-state index contributed by atoms with van der Waals surface area (Å²) in [4.78, 5) is 6.95. The van der Waals surface area contributed by atoms with Gasteiger partial charge in [-0.25, -0.2) is 4.98 Å². The Hall–Kier alpha value is -2.59. The van der Waals surface area contributed by atoms with E-state index in [1.165, 1.54) is 11.1 Å². The first kappa shape index (κ1) is 16.9. The lowest BCUT2D eigenvalue weighted by atomic mass is 9.98. The van der Waals surface area contributed by atoms with E-state index in [-0.39, 0.29) is 6.04 Å². The Morgan fingerprint density at radius 3 is 2.81 bits per heavy atom. The summed E-state index contributed by atoms with van der Waals surface area (Å²) in [6, 6.07) is 16.7. The van der Waals surface area contributed by atoms with E-state index in [1.54, 1.807) is 0 Å². The van der Waals surface area contributed by atoms with E-state index >= 15 is 0 Å². The first-order valence-corrected chi connectivity index (χ1v) is 9.24. The summed E-state index contributed by atoms with van der Waals surface area (Å²) < 4.78 is 11.7. The van der Waals surface area contributed by atoms with Gasteiger partial charge in [-0.15, -0.1) is 0 Å². The van der Waals surface area contributed by atoms with Crippen LogP contribution in [0.15, 0.2) is 59.1 Å². The van der Waals surface area contributed by atoms with E-state index in [1.807, 2.05) is 43.5 Å². The molecule has 0 spiro atoms. The van der Waals surface area contributed by atoms with Crippen LogP contribution in [-0.2, 0) is 13.0 Å². The van der Waals surface area contributed by atoms with Crippen LogP contribution in [0.1, 0.15) is 36.9 Å². The van der Waals surface area contributed by atoms with Gasteiger partial charge in [0.2, 0.25) is 5.89 Å². The fourth-order valence-corrected chi connectivity index (χ4v) is 3.52. The highest BCUT2D eigenvalue weighted by Crippen LogP contribution is 2.31. The molecule has 2 heterocycles. The summed E-state index contributed by atoms with van der Waals surface area (Å²) >= 11 is 0. The largest absolute Gasteiger partial charge is 0.494 e. The summed E-state index contributed by atoms with van der Waals surface area (Å²) in [6.45, 7) is 6.77. The van der Waals surface area contributed by atoms with E-state index in [2.05, 4.69) is 35.0 Å². The molecule has 4 rings (SSSR count). The molecule has 4 heteroatoms. The predicted molar refractivity (Wildman–Crippen MR) is 102 cm³/mol. The number of oxazole rings is 1. The van der Waals surface area contributed by atoms with Crippen LogP contribution in [0.2, 0.25) is 0 Å². The van der Waals surface area contributed by atoms with Crippen molar-refractivity contribution in [2.45, 2.75) is 32.9 Å². The monoisotopic (exact) mass is 348 g/mol. The van der Waals surface area contributed by atoms with Crippen LogP contribution in [0.3, 0.4) is 0 Å². The van der Waals surface area contributed by atoms with E-state index in [0.29, 0.717) is 6.61 Å². The smallest absolute Gasteiger partial charge is 0.211 e. The van der Waals surface area contributed by atoms with Gasteiger partial charge in [0.15, 0.2) is 5.76 Å². The molecule has 4 nitrogen and oxygen atoms in total. The van der Waals surface area contributed by atoms with Crippen molar-refractivity contribution in [2.75, 3.05) is 13.2 Å². The Balaban J connectivity index is 1.52. The summed E-state index contributed by atoms with van der Waals surface area (Å²) in [7, 11) is 0. The van der Waals surface area contributed by atoms with Crippen LogP contribution < -0.4 is 4.74 Å². The van der Waals surface area contributed by atoms with Crippen molar-refractivity contribution in [3.8, 4) is 17.1 Å². The Morgan fingerprint density at radius 1 is 1.15 bits per heavy atom. The number of rotatable bonds is 5. The number of nitrogens with zero attached hydrogens (tertiary/aromatic N) is 2. The third-order valence-corrected chi connectivity index (χ3v) is 5.02. The van der Waals surface area contributed by atoms with Gasteiger partial charge in [0.1, 0.15) is 5.75 Å². The van der Waals surface area contributed by atoms with Crippen molar-refractivity contribution in [1.82, 2.24) is 9.88 Å². The molecular formula is C22H24N2O2. The topological polar surface area (TPSA) is 38.5 Å². The van der Waals surface area contributed by atoms with Crippen molar-refractivity contribution in [3.05, 3.63) is 71.7 Å². The Labute approximate surface area is 154 Å². The standard InChI is InChI=1S/C22H24N2O2/c1-3-25-20-10-9-17-11-12-24(15-19(17)13-20)16(2)22-23-14-21(26-22)18-7-5-4-6-8-18/h4-10,13-14,16H,3,11-12,15H2,1-2H3. The van der Waals surface area contributed by atoms with Crippen LogP contribution in [0.25, 0.3) is 11.3 Å². The number of benzene rings is 2. The summed E-state index contributed by atoms with van der Waals surface area (Å²) in [5, 5.41) is 0. The van der Waals surface area contributed by atoms with E-state index < -0.39 is 0 Å². The summed E-state index contributed by atoms with van der Waals surface area (Å²) in [5.74, 6) is 2.54. The van der Waals surface area contributed by atoms with Crippen molar-refractivity contribution in [2.24, 2.45) is 0 Å². The average molecular weight is 348 g/mol. The molecule has 134 valence electrons. The van der Waals surface area contributed by atoms with Crippen molar-refractivity contribution >= 4 is 0 Å². The summed E-state index contributed by atoms with van der Waals surface area (Å²) in [6.07, 6.45) is 2.87. The minimum atomic E-state index is 0.136. The molecule has 1 aliphatic heterocycles. The van der Waals surface area contributed by atoms with Crippen LogP contribution in [0.5, 0.6) is 5.75 Å². The number of hydrogen-bond donors (Lipinski definition) is 0. The maximum absolute atomic E-state index is 6.06. The Kier molecular flexibility index (Phi) is 4.76. The maximum atomic E-state index is 6.06. The highest BCUT2D eigenvalue weighted by molar-refractivity contribution is 5.55. The first-order valence-electron chi connectivity index (χ1n) is 9.24.